The number of aliphatic hydroxyl groups is 1. The lowest BCUT2D eigenvalue weighted by Gasteiger charge is -2.36. The SMILES string of the molecule is NCCN1[C@@H]2CC[C@H]1CC(O)C2. The van der Waals surface area contributed by atoms with E-state index in [-0.39, 0.29) is 6.10 Å². The Balaban J connectivity index is 1.99. The number of piperidine rings is 1. The molecule has 3 atom stereocenters. The van der Waals surface area contributed by atoms with E-state index < -0.39 is 0 Å². The number of rotatable bonds is 2. The summed E-state index contributed by atoms with van der Waals surface area (Å²) in [4.78, 5) is 2.49. The summed E-state index contributed by atoms with van der Waals surface area (Å²) in [5.41, 5.74) is 5.54. The van der Waals surface area contributed by atoms with Crippen LogP contribution in [0.4, 0.5) is 0 Å². The van der Waals surface area contributed by atoms with Gasteiger partial charge in [0.25, 0.3) is 0 Å². The van der Waals surface area contributed by atoms with Gasteiger partial charge in [0.1, 0.15) is 0 Å². The first-order chi connectivity index (χ1) is 5.81. The molecule has 0 saturated carbocycles. The second-order valence-corrected chi connectivity index (χ2v) is 4.04. The summed E-state index contributed by atoms with van der Waals surface area (Å²) in [5, 5.41) is 9.52. The van der Waals surface area contributed by atoms with E-state index >= 15 is 0 Å². The predicted molar refractivity (Wildman–Crippen MR) is 47.8 cm³/mol. The highest BCUT2D eigenvalue weighted by Crippen LogP contribution is 2.34. The maximum atomic E-state index is 9.52. The van der Waals surface area contributed by atoms with Gasteiger partial charge in [-0.2, -0.15) is 0 Å². The van der Waals surface area contributed by atoms with Gasteiger partial charge in [-0.1, -0.05) is 0 Å². The fourth-order valence-electron chi connectivity index (χ4n) is 2.76. The van der Waals surface area contributed by atoms with E-state index in [4.69, 9.17) is 5.73 Å². The van der Waals surface area contributed by atoms with Crippen molar-refractivity contribution in [3.63, 3.8) is 0 Å². The lowest BCUT2D eigenvalue weighted by atomic mass is 10.00. The molecule has 2 bridgehead atoms. The maximum Gasteiger partial charge on any atom is 0.0570 e. The minimum absolute atomic E-state index is 0.0449. The molecule has 70 valence electrons. The van der Waals surface area contributed by atoms with Crippen molar-refractivity contribution in [1.82, 2.24) is 4.90 Å². The van der Waals surface area contributed by atoms with Gasteiger partial charge in [-0.05, 0) is 25.7 Å². The molecule has 0 aromatic carbocycles. The standard InChI is InChI=1S/C9H18N2O/c10-3-4-11-7-1-2-8(11)6-9(12)5-7/h7-9,12H,1-6,10H2/t7-,8+,9?. The van der Waals surface area contributed by atoms with Gasteiger partial charge in [0.15, 0.2) is 0 Å². The van der Waals surface area contributed by atoms with Crippen LogP contribution in [0.25, 0.3) is 0 Å². The Bertz CT molecular complexity index is 149. The molecule has 0 aromatic rings. The minimum Gasteiger partial charge on any atom is -0.393 e. The largest absolute Gasteiger partial charge is 0.393 e. The average molecular weight is 170 g/mol. The zero-order valence-electron chi connectivity index (χ0n) is 7.45. The van der Waals surface area contributed by atoms with E-state index in [1.807, 2.05) is 0 Å². The van der Waals surface area contributed by atoms with Crippen molar-refractivity contribution >= 4 is 0 Å². The second-order valence-electron chi connectivity index (χ2n) is 4.04. The van der Waals surface area contributed by atoms with Crippen LogP contribution in [0.3, 0.4) is 0 Å². The van der Waals surface area contributed by atoms with Gasteiger partial charge in [0.2, 0.25) is 0 Å². The predicted octanol–water partition coefficient (Wildman–Crippen LogP) is -0.0672. The molecule has 0 radical (unpaired) electrons. The first-order valence-electron chi connectivity index (χ1n) is 4.95. The molecule has 0 aromatic heterocycles. The molecule has 2 fully saturated rings. The van der Waals surface area contributed by atoms with Crippen molar-refractivity contribution in [2.45, 2.75) is 43.9 Å². The first-order valence-corrected chi connectivity index (χ1v) is 4.95. The van der Waals surface area contributed by atoms with E-state index in [1.165, 1.54) is 12.8 Å². The lowest BCUT2D eigenvalue weighted by Crippen LogP contribution is -2.46. The van der Waals surface area contributed by atoms with Crippen LogP contribution in [0.15, 0.2) is 0 Å². The molecule has 1 unspecified atom stereocenters. The summed E-state index contributed by atoms with van der Waals surface area (Å²) >= 11 is 0. The van der Waals surface area contributed by atoms with Crippen LogP contribution in [-0.4, -0.2) is 41.3 Å². The Morgan fingerprint density at radius 2 is 1.83 bits per heavy atom. The van der Waals surface area contributed by atoms with Crippen LogP contribution in [0.1, 0.15) is 25.7 Å². The fraction of sp³-hybridized carbons (Fsp3) is 1.00. The summed E-state index contributed by atoms with van der Waals surface area (Å²) in [6.45, 7) is 1.77. The highest BCUT2D eigenvalue weighted by atomic mass is 16.3. The molecule has 2 heterocycles. The second kappa shape index (κ2) is 3.32. The van der Waals surface area contributed by atoms with Crippen molar-refractivity contribution in [2.75, 3.05) is 13.1 Å². The lowest BCUT2D eigenvalue weighted by molar-refractivity contribution is 0.0373. The first kappa shape index (κ1) is 8.48. The molecule has 3 heteroatoms. The van der Waals surface area contributed by atoms with Crippen LogP contribution in [0, 0.1) is 0 Å². The average Bonchev–Trinajstić information content (AvgIpc) is 2.32. The molecule has 0 spiro atoms. The quantitative estimate of drug-likeness (QED) is 0.610. The Labute approximate surface area is 73.5 Å². The molecule has 2 saturated heterocycles. The third-order valence-electron chi connectivity index (χ3n) is 3.25. The number of nitrogens with two attached hydrogens (primary N) is 1. The number of hydrogen-bond donors (Lipinski definition) is 2. The Morgan fingerprint density at radius 1 is 1.25 bits per heavy atom. The molecule has 0 aliphatic carbocycles. The zero-order valence-corrected chi connectivity index (χ0v) is 7.45. The van der Waals surface area contributed by atoms with Gasteiger partial charge in [-0.3, -0.25) is 4.90 Å². The van der Waals surface area contributed by atoms with E-state index in [9.17, 15) is 5.11 Å². The van der Waals surface area contributed by atoms with Crippen molar-refractivity contribution < 1.29 is 5.11 Å². The highest BCUT2D eigenvalue weighted by molar-refractivity contribution is 4.94. The van der Waals surface area contributed by atoms with Gasteiger partial charge in [0.05, 0.1) is 6.10 Å². The summed E-state index contributed by atoms with van der Waals surface area (Å²) in [6.07, 6.45) is 4.42. The molecule has 2 rings (SSSR count). The van der Waals surface area contributed by atoms with E-state index in [0.29, 0.717) is 12.1 Å². The van der Waals surface area contributed by atoms with Crippen molar-refractivity contribution in [3.8, 4) is 0 Å². The Morgan fingerprint density at radius 3 is 2.33 bits per heavy atom. The normalized spacial score (nSPS) is 42.0. The topological polar surface area (TPSA) is 49.5 Å². The number of hydrogen-bond acceptors (Lipinski definition) is 3. The number of nitrogens with zero attached hydrogens (tertiary/aromatic N) is 1. The van der Waals surface area contributed by atoms with Crippen LogP contribution in [0.2, 0.25) is 0 Å². The third kappa shape index (κ3) is 1.37. The molecular formula is C9H18N2O. The van der Waals surface area contributed by atoms with Gasteiger partial charge in [0, 0.05) is 25.2 Å². The number of aliphatic hydroxyl groups excluding tert-OH is 1. The summed E-state index contributed by atoms with van der Waals surface area (Å²) < 4.78 is 0. The molecule has 2 aliphatic heterocycles. The molecule has 3 nitrogen and oxygen atoms in total. The summed E-state index contributed by atoms with van der Waals surface area (Å²) in [5.74, 6) is 0. The minimum atomic E-state index is -0.0449. The maximum absolute atomic E-state index is 9.52. The Hall–Kier alpha value is -0.120. The van der Waals surface area contributed by atoms with Crippen LogP contribution in [-0.2, 0) is 0 Å². The third-order valence-corrected chi connectivity index (χ3v) is 3.25. The molecule has 0 amide bonds. The van der Waals surface area contributed by atoms with Crippen molar-refractivity contribution in [3.05, 3.63) is 0 Å². The van der Waals surface area contributed by atoms with Crippen LogP contribution in [0.5, 0.6) is 0 Å². The van der Waals surface area contributed by atoms with E-state index in [1.54, 1.807) is 0 Å². The number of fused-ring (bicyclic) bond motifs is 2. The zero-order chi connectivity index (χ0) is 8.55. The molecule has 12 heavy (non-hydrogen) atoms. The van der Waals surface area contributed by atoms with Gasteiger partial charge in [-0.25, -0.2) is 0 Å². The van der Waals surface area contributed by atoms with Crippen molar-refractivity contribution in [1.29, 1.82) is 0 Å². The van der Waals surface area contributed by atoms with E-state index in [0.717, 1.165) is 25.9 Å². The van der Waals surface area contributed by atoms with Crippen LogP contribution < -0.4 is 5.73 Å². The van der Waals surface area contributed by atoms with Crippen LogP contribution >= 0.6 is 0 Å². The smallest absolute Gasteiger partial charge is 0.0570 e. The highest BCUT2D eigenvalue weighted by Gasteiger charge is 2.39. The van der Waals surface area contributed by atoms with E-state index in [2.05, 4.69) is 4.90 Å². The molecular weight excluding hydrogens is 152 g/mol. The fourth-order valence-corrected chi connectivity index (χ4v) is 2.76. The Kier molecular flexibility index (Phi) is 2.35. The monoisotopic (exact) mass is 170 g/mol. The molecule has 3 N–H and O–H groups in total. The summed E-state index contributed by atoms with van der Waals surface area (Å²) in [7, 11) is 0. The molecule has 2 aliphatic rings. The van der Waals surface area contributed by atoms with Gasteiger partial charge >= 0.3 is 0 Å². The van der Waals surface area contributed by atoms with Gasteiger partial charge < -0.3 is 10.8 Å². The summed E-state index contributed by atoms with van der Waals surface area (Å²) in [6, 6.07) is 1.25. The van der Waals surface area contributed by atoms with Crippen molar-refractivity contribution in [2.24, 2.45) is 5.73 Å². The van der Waals surface area contributed by atoms with Gasteiger partial charge in [-0.15, -0.1) is 0 Å².